The Morgan fingerprint density at radius 3 is 2.94 bits per heavy atom. The van der Waals surface area contributed by atoms with E-state index in [2.05, 4.69) is 10.6 Å². The van der Waals surface area contributed by atoms with Crippen LogP contribution in [0.4, 0.5) is 11.4 Å². The van der Waals surface area contributed by atoms with E-state index in [9.17, 15) is 4.79 Å². The van der Waals surface area contributed by atoms with E-state index >= 15 is 0 Å². The number of nitrogen functional groups attached to an aromatic ring is 1. The highest BCUT2D eigenvalue weighted by atomic mass is 16.2. The van der Waals surface area contributed by atoms with Crippen molar-refractivity contribution in [1.29, 1.82) is 0 Å². The summed E-state index contributed by atoms with van der Waals surface area (Å²) in [5.41, 5.74) is 8.43. The third-order valence-electron chi connectivity index (χ3n) is 2.76. The van der Waals surface area contributed by atoms with Crippen molar-refractivity contribution in [2.75, 3.05) is 17.6 Å². The van der Waals surface area contributed by atoms with E-state index in [-0.39, 0.29) is 5.91 Å². The van der Waals surface area contributed by atoms with Crippen LogP contribution in [0.2, 0.25) is 0 Å². The SMILES string of the molecule is Cc1c(N)cccc1NCC(=O)NC1CC1. The van der Waals surface area contributed by atoms with Crippen molar-refractivity contribution in [3.63, 3.8) is 0 Å². The lowest BCUT2D eigenvalue weighted by molar-refractivity contribution is -0.119. The zero-order valence-electron chi connectivity index (χ0n) is 9.42. The molecule has 1 aliphatic rings. The van der Waals surface area contributed by atoms with Gasteiger partial charge in [-0.05, 0) is 37.5 Å². The fourth-order valence-corrected chi connectivity index (χ4v) is 1.53. The maximum Gasteiger partial charge on any atom is 0.239 e. The summed E-state index contributed by atoms with van der Waals surface area (Å²) in [6.07, 6.45) is 2.23. The van der Waals surface area contributed by atoms with Gasteiger partial charge >= 0.3 is 0 Å². The molecule has 1 amide bonds. The molecule has 1 aromatic rings. The van der Waals surface area contributed by atoms with E-state index in [1.54, 1.807) is 0 Å². The fourth-order valence-electron chi connectivity index (χ4n) is 1.53. The predicted octanol–water partition coefficient (Wildman–Crippen LogP) is 1.27. The molecule has 1 aliphatic carbocycles. The standard InChI is InChI=1S/C12H17N3O/c1-8-10(13)3-2-4-11(8)14-7-12(16)15-9-5-6-9/h2-4,9,14H,5-7,13H2,1H3,(H,15,16). The van der Waals surface area contributed by atoms with Crippen LogP contribution < -0.4 is 16.4 Å². The quantitative estimate of drug-likeness (QED) is 0.668. The van der Waals surface area contributed by atoms with Crippen LogP contribution >= 0.6 is 0 Å². The van der Waals surface area contributed by atoms with Crippen molar-refractivity contribution in [2.45, 2.75) is 25.8 Å². The second kappa shape index (κ2) is 4.43. The van der Waals surface area contributed by atoms with Crippen molar-refractivity contribution < 1.29 is 4.79 Å². The number of rotatable bonds is 4. The van der Waals surface area contributed by atoms with Crippen LogP contribution in [0.3, 0.4) is 0 Å². The smallest absolute Gasteiger partial charge is 0.239 e. The van der Waals surface area contributed by atoms with Crippen LogP contribution in [0.1, 0.15) is 18.4 Å². The van der Waals surface area contributed by atoms with Gasteiger partial charge in [0.1, 0.15) is 0 Å². The van der Waals surface area contributed by atoms with Crippen molar-refractivity contribution in [3.8, 4) is 0 Å². The van der Waals surface area contributed by atoms with Crippen molar-refractivity contribution in [1.82, 2.24) is 5.32 Å². The first-order chi connectivity index (χ1) is 7.66. The van der Waals surface area contributed by atoms with E-state index in [0.29, 0.717) is 12.6 Å². The van der Waals surface area contributed by atoms with Gasteiger partial charge < -0.3 is 16.4 Å². The molecule has 0 aromatic heterocycles. The Kier molecular flexibility index (Phi) is 2.99. The topological polar surface area (TPSA) is 67.1 Å². The second-order valence-corrected chi connectivity index (χ2v) is 4.22. The highest BCUT2D eigenvalue weighted by Crippen LogP contribution is 2.20. The average molecular weight is 219 g/mol. The van der Waals surface area contributed by atoms with Gasteiger partial charge in [-0.15, -0.1) is 0 Å². The number of hydrogen-bond donors (Lipinski definition) is 3. The Hall–Kier alpha value is -1.71. The van der Waals surface area contributed by atoms with Gasteiger partial charge in [0.15, 0.2) is 0 Å². The van der Waals surface area contributed by atoms with Crippen molar-refractivity contribution in [3.05, 3.63) is 23.8 Å². The van der Waals surface area contributed by atoms with E-state index in [1.165, 1.54) is 0 Å². The number of nitrogens with two attached hydrogens (primary N) is 1. The lowest BCUT2D eigenvalue weighted by atomic mass is 10.1. The normalized spacial score (nSPS) is 14.6. The molecule has 1 fully saturated rings. The van der Waals surface area contributed by atoms with Crippen LogP contribution in [0.15, 0.2) is 18.2 Å². The average Bonchev–Trinajstić information content (AvgIpc) is 3.04. The number of carbonyl (C=O) groups excluding carboxylic acids is 1. The lowest BCUT2D eigenvalue weighted by Gasteiger charge is -2.11. The molecule has 0 bridgehead atoms. The van der Waals surface area contributed by atoms with Crippen LogP contribution in [0.25, 0.3) is 0 Å². The molecule has 2 rings (SSSR count). The number of benzene rings is 1. The third-order valence-corrected chi connectivity index (χ3v) is 2.76. The zero-order chi connectivity index (χ0) is 11.5. The van der Waals surface area contributed by atoms with Gasteiger partial charge in [-0.25, -0.2) is 0 Å². The van der Waals surface area contributed by atoms with Gasteiger partial charge in [-0.1, -0.05) is 6.07 Å². The van der Waals surface area contributed by atoms with Crippen LogP contribution in [0.5, 0.6) is 0 Å². The molecule has 4 N–H and O–H groups in total. The lowest BCUT2D eigenvalue weighted by Crippen LogP contribution is -2.31. The van der Waals surface area contributed by atoms with E-state index in [0.717, 1.165) is 29.8 Å². The molecule has 1 aromatic carbocycles. The summed E-state index contributed by atoms with van der Waals surface area (Å²) in [5.74, 6) is 0.0457. The van der Waals surface area contributed by atoms with Gasteiger partial charge in [-0.2, -0.15) is 0 Å². The van der Waals surface area contributed by atoms with Crippen LogP contribution in [-0.4, -0.2) is 18.5 Å². The predicted molar refractivity (Wildman–Crippen MR) is 65.2 cm³/mol. The molecule has 0 radical (unpaired) electrons. The van der Waals surface area contributed by atoms with Crippen molar-refractivity contribution >= 4 is 17.3 Å². The molecule has 0 saturated heterocycles. The summed E-state index contributed by atoms with van der Waals surface area (Å²) in [6, 6.07) is 6.07. The second-order valence-electron chi connectivity index (χ2n) is 4.22. The maximum absolute atomic E-state index is 11.5. The van der Waals surface area contributed by atoms with Crippen LogP contribution in [0, 0.1) is 6.92 Å². The summed E-state index contributed by atoms with van der Waals surface area (Å²) in [4.78, 5) is 11.5. The largest absolute Gasteiger partial charge is 0.398 e. The molecule has 0 spiro atoms. The molecule has 1 saturated carbocycles. The third kappa shape index (κ3) is 2.66. The summed E-state index contributed by atoms with van der Waals surface area (Å²) in [6.45, 7) is 2.25. The summed E-state index contributed by atoms with van der Waals surface area (Å²) >= 11 is 0. The number of nitrogens with one attached hydrogen (secondary N) is 2. The highest BCUT2D eigenvalue weighted by molar-refractivity contribution is 5.81. The number of anilines is 2. The maximum atomic E-state index is 11.5. The Labute approximate surface area is 95.2 Å². The number of amides is 1. The Balaban J connectivity index is 1.88. The molecule has 0 aliphatic heterocycles. The minimum atomic E-state index is 0.0457. The zero-order valence-corrected chi connectivity index (χ0v) is 9.42. The monoisotopic (exact) mass is 219 g/mol. The molecule has 16 heavy (non-hydrogen) atoms. The molecule has 86 valence electrons. The first-order valence-corrected chi connectivity index (χ1v) is 5.55. The van der Waals surface area contributed by atoms with Crippen molar-refractivity contribution in [2.24, 2.45) is 0 Å². The number of hydrogen-bond acceptors (Lipinski definition) is 3. The van der Waals surface area contributed by atoms with Gasteiger partial charge in [0.2, 0.25) is 5.91 Å². The highest BCUT2D eigenvalue weighted by Gasteiger charge is 2.22. The minimum absolute atomic E-state index is 0.0457. The van der Waals surface area contributed by atoms with Crippen LogP contribution in [-0.2, 0) is 4.79 Å². The summed E-state index contributed by atoms with van der Waals surface area (Å²) in [5, 5.41) is 6.02. The molecular formula is C12H17N3O. The minimum Gasteiger partial charge on any atom is -0.398 e. The molecule has 0 unspecified atom stereocenters. The Morgan fingerprint density at radius 1 is 1.50 bits per heavy atom. The molecule has 0 heterocycles. The Bertz CT molecular complexity index is 399. The van der Waals surface area contributed by atoms with Gasteiger partial charge in [0, 0.05) is 17.4 Å². The number of carbonyl (C=O) groups is 1. The molecular weight excluding hydrogens is 202 g/mol. The summed E-state index contributed by atoms with van der Waals surface area (Å²) in [7, 11) is 0. The molecule has 4 heteroatoms. The first-order valence-electron chi connectivity index (χ1n) is 5.55. The Morgan fingerprint density at radius 2 is 2.25 bits per heavy atom. The van der Waals surface area contributed by atoms with E-state index < -0.39 is 0 Å². The van der Waals surface area contributed by atoms with E-state index in [1.807, 2.05) is 25.1 Å². The van der Waals surface area contributed by atoms with Gasteiger partial charge in [0.25, 0.3) is 0 Å². The molecule has 0 atom stereocenters. The molecule has 4 nitrogen and oxygen atoms in total. The van der Waals surface area contributed by atoms with Gasteiger partial charge in [-0.3, -0.25) is 4.79 Å². The summed E-state index contributed by atoms with van der Waals surface area (Å²) < 4.78 is 0. The fraction of sp³-hybridized carbons (Fsp3) is 0.417. The first kappa shape index (κ1) is 10.8. The van der Waals surface area contributed by atoms with E-state index in [4.69, 9.17) is 5.73 Å². The van der Waals surface area contributed by atoms with Gasteiger partial charge in [0.05, 0.1) is 6.54 Å².